The molecule has 0 aliphatic carbocycles. The highest BCUT2D eigenvalue weighted by atomic mass is 16.6. The largest absolute Gasteiger partial charge is 0.488 e. The Balaban J connectivity index is 1.99. The van der Waals surface area contributed by atoms with E-state index in [9.17, 15) is 20.1 Å². The molecule has 3 aromatic rings. The summed E-state index contributed by atoms with van der Waals surface area (Å²) >= 11 is 0. The average molecular weight is 567 g/mol. The third kappa shape index (κ3) is 5.93. The topological polar surface area (TPSA) is 125 Å². The molecule has 2 atom stereocenters. The van der Waals surface area contributed by atoms with Gasteiger partial charge in [0.05, 0.1) is 42.5 Å². The number of esters is 2. The summed E-state index contributed by atoms with van der Waals surface area (Å²) in [6.07, 6.45) is -0.721. The van der Waals surface area contributed by atoms with Crippen molar-refractivity contribution in [3.05, 3.63) is 95.1 Å². The van der Waals surface area contributed by atoms with Crippen molar-refractivity contribution >= 4 is 17.6 Å². The molecule has 1 saturated heterocycles. The van der Waals surface area contributed by atoms with E-state index in [1.807, 2.05) is 49.9 Å². The second kappa shape index (κ2) is 12.3. The lowest BCUT2D eigenvalue weighted by Crippen LogP contribution is -2.60. The van der Waals surface area contributed by atoms with Gasteiger partial charge in [-0.15, -0.1) is 0 Å². The fourth-order valence-electron chi connectivity index (χ4n) is 5.11. The Morgan fingerprint density at radius 1 is 0.810 bits per heavy atom. The molecule has 0 amide bonds. The molecule has 0 radical (unpaired) electrons. The minimum atomic E-state index is -1.97. The number of nitrogens with one attached hydrogen (secondary N) is 1. The summed E-state index contributed by atoms with van der Waals surface area (Å²) in [5.41, 5.74) is 0.503. The van der Waals surface area contributed by atoms with Crippen LogP contribution in [-0.4, -0.2) is 36.3 Å². The van der Waals surface area contributed by atoms with Gasteiger partial charge < -0.3 is 19.1 Å². The van der Waals surface area contributed by atoms with Crippen LogP contribution in [0, 0.1) is 22.7 Å². The fourth-order valence-corrected chi connectivity index (χ4v) is 5.11. The molecule has 1 fully saturated rings. The fraction of sp³-hybridized carbons (Fsp3) is 0.333. The Morgan fingerprint density at radius 2 is 1.29 bits per heavy atom. The molecule has 1 heterocycles. The second-order valence-corrected chi connectivity index (χ2v) is 10.8. The molecule has 0 unspecified atom stereocenters. The molecule has 0 spiro atoms. The molecule has 1 aliphatic heterocycles. The number of nitrogens with zero attached hydrogens (tertiary/aromatic N) is 3. The minimum absolute atomic E-state index is 0.0438. The van der Waals surface area contributed by atoms with Gasteiger partial charge in [-0.05, 0) is 94.3 Å². The third-order valence-electron chi connectivity index (χ3n) is 6.80. The Bertz CT molecular complexity index is 1480. The molecular formula is C33H34N4O5. The highest BCUT2D eigenvalue weighted by molar-refractivity contribution is 6.07. The number of benzene rings is 3. The van der Waals surface area contributed by atoms with Crippen molar-refractivity contribution in [3.63, 3.8) is 0 Å². The number of ether oxygens (including phenoxy) is 3. The third-order valence-corrected chi connectivity index (χ3v) is 6.80. The number of hydrogen-bond acceptors (Lipinski definition) is 9. The molecular weight excluding hydrogens is 532 g/mol. The van der Waals surface area contributed by atoms with E-state index >= 15 is 0 Å². The number of anilines is 1. The van der Waals surface area contributed by atoms with E-state index in [0.29, 0.717) is 33.7 Å². The summed E-state index contributed by atoms with van der Waals surface area (Å²) in [6.45, 7) is 9.31. The van der Waals surface area contributed by atoms with Crippen molar-refractivity contribution in [3.8, 4) is 17.9 Å². The van der Waals surface area contributed by atoms with Gasteiger partial charge in [-0.2, -0.15) is 10.5 Å². The van der Waals surface area contributed by atoms with Crippen LogP contribution in [0.25, 0.3) is 0 Å². The molecule has 0 bridgehead atoms. The Morgan fingerprint density at radius 3 is 1.71 bits per heavy atom. The summed E-state index contributed by atoms with van der Waals surface area (Å²) in [5.74, 6) is -0.913. The van der Waals surface area contributed by atoms with Gasteiger partial charge in [0.2, 0.25) is 5.54 Å². The molecule has 216 valence electrons. The smallest absolute Gasteiger partial charge is 0.340 e. The Labute approximate surface area is 246 Å². The van der Waals surface area contributed by atoms with Crippen LogP contribution in [-0.2, 0) is 19.1 Å². The van der Waals surface area contributed by atoms with Crippen molar-refractivity contribution in [1.29, 1.82) is 10.5 Å². The van der Waals surface area contributed by atoms with E-state index in [-0.39, 0.29) is 13.2 Å². The zero-order chi connectivity index (χ0) is 30.5. The SMILES string of the molecule is CCOC(=O)C1(C(=O)OCC)N[C@@H](c2ccc(C#N)cc2)N(c2ccc(OC(C)(C)C)cc2)[C@H]1c1ccc(C#N)cc1. The average Bonchev–Trinajstić information content (AvgIpc) is 3.34. The van der Waals surface area contributed by atoms with Crippen LogP contribution < -0.4 is 15.0 Å². The molecule has 4 rings (SSSR count). The summed E-state index contributed by atoms with van der Waals surface area (Å²) < 4.78 is 17.1. The van der Waals surface area contributed by atoms with Crippen LogP contribution >= 0.6 is 0 Å². The normalized spacial score (nSPS) is 17.5. The number of nitriles is 2. The molecule has 42 heavy (non-hydrogen) atoms. The van der Waals surface area contributed by atoms with Gasteiger partial charge in [-0.25, -0.2) is 9.59 Å². The minimum Gasteiger partial charge on any atom is -0.488 e. The first-order valence-corrected chi connectivity index (χ1v) is 13.8. The van der Waals surface area contributed by atoms with E-state index in [4.69, 9.17) is 14.2 Å². The van der Waals surface area contributed by atoms with E-state index in [2.05, 4.69) is 17.5 Å². The summed E-state index contributed by atoms with van der Waals surface area (Å²) in [7, 11) is 0. The van der Waals surface area contributed by atoms with Gasteiger partial charge in [-0.3, -0.25) is 5.32 Å². The lowest BCUT2D eigenvalue weighted by atomic mass is 9.85. The number of carbonyl (C=O) groups excluding carboxylic acids is 2. The zero-order valence-electron chi connectivity index (χ0n) is 24.4. The van der Waals surface area contributed by atoms with Crippen LogP contribution in [0.4, 0.5) is 5.69 Å². The summed E-state index contributed by atoms with van der Waals surface area (Å²) in [4.78, 5) is 29.8. The quantitative estimate of drug-likeness (QED) is 0.285. The molecule has 3 aromatic carbocycles. The molecule has 0 saturated carbocycles. The van der Waals surface area contributed by atoms with E-state index in [0.717, 1.165) is 0 Å². The van der Waals surface area contributed by atoms with E-state index in [1.54, 1.807) is 62.4 Å². The highest BCUT2D eigenvalue weighted by Crippen LogP contribution is 2.49. The first kappa shape index (κ1) is 30.1. The van der Waals surface area contributed by atoms with Crippen molar-refractivity contribution in [1.82, 2.24) is 5.32 Å². The molecule has 1 N–H and O–H groups in total. The standard InChI is InChI=1S/C33H34N4O5/c1-6-40-30(38)33(31(39)41-7-2)28(24-12-8-22(20-34)9-13-24)37(26-16-18-27(19-17-26)42-32(3,4)5)29(36-33)25-14-10-23(21-35)11-15-25/h8-19,28-29,36H,6-7H2,1-5H3/t28-,29+/m0/s1. The second-order valence-electron chi connectivity index (χ2n) is 10.8. The highest BCUT2D eigenvalue weighted by Gasteiger charge is 2.64. The zero-order valence-corrected chi connectivity index (χ0v) is 24.4. The van der Waals surface area contributed by atoms with Crippen LogP contribution in [0.15, 0.2) is 72.8 Å². The number of carbonyl (C=O) groups is 2. The lowest BCUT2D eigenvalue weighted by molar-refractivity contribution is -0.166. The van der Waals surface area contributed by atoms with Crippen LogP contribution in [0.2, 0.25) is 0 Å². The molecule has 1 aliphatic rings. The van der Waals surface area contributed by atoms with Crippen LogP contribution in [0.5, 0.6) is 5.75 Å². The Hall–Kier alpha value is -4.86. The first-order valence-electron chi connectivity index (χ1n) is 13.8. The maximum absolute atomic E-state index is 13.9. The monoisotopic (exact) mass is 566 g/mol. The van der Waals surface area contributed by atoms with Gasteiger partial charge in [0.15, 0.2) is 0 Å². The van der Waals surface area contributed by atoms with Gasteiger partial charge in [0, 0.05) is 5.69 Å². The Kier molecular flexibility index (Phi) is 8.84. The summed E-state index contributed by atoms with van der Waals surface area (Å²) in [6, 6.07) is 24.3. The molecule has 9 nitrogen and oxygen atoms in total. The van der Waals surface area contributed by atoms with Crippen molar-refractivity contribution in [2.45, 2.75) is 58.0 Å². The van der Waals surface area contributed by atoms with Crippen molar-refractivity contribution in [2.24, 2.45) is 0 Å². The maximum atomic E-state index is 13.9. The number of rotatable bonds is 8. The predicted molar refractivity (Wildman–Crippen MR) is 156 cm³/mol. The molecule has 9 heteroatoms. The first-order chi connectivity index (χ1) is 20.1. The number of hydrogen-bond donors (Lipinski definition) is 1. The summed E-state index contributed by atoms with van der Waals surface area (Å²) in [5, 5.41) is 22.1. The van der Waals surface area contributed by atoms with Crippen LogP contribution in [0.1, 0.15) is 69.1 Å². The molecule has 0 aromatic heterocycles. The van der Waals surface area contributed by atoms with Crippen molar-refractivity contribution in [2.75, 3.05) is 18.1 Å². The van der Waals surface area contributed by atoms with Gasteiger partial charge >= 0.3 is 11.9 Å². The van der Waals surface area contributed by atoms with Crippen LogP contribution in [0.3, 0.4) is 0 Å². The van der Waals surface area contributed by atoms with Gasteiger partial charge in [-0.1, -0.05) is 24.3 Å². The maximum Gasteiger partial charge on any atom is 0.340 e. The van der Waals surface area contributed by atoms with Gasteiger partial charge in [0.25, 0.3) is 0 Å². The predicted octanol–water partition coefficient (Wildman–Crippen LogP) is 5.32. The van der Waals surface area contributed by atoms with Crippen molar-refractivity contribution < 1.29 is 23.8 Å². The van der Waals surface area contributed by atoms with E-state index in [1.165, 1.54) is 0 Å². The lowest BCUT2D eigenvalue weighted by Gasteiger charge is -2.35. The van der Waals surface area contributed by atoms with E-state index < -0.39 is 35.3 Å². The van der Waals surface area contributed by atoms with Gasteiger partial charge in [0.1, 0.15) is 17.5 Å².